The molecule has 1 rings (SSSR count). The van der Waals surface area contributed by atoms with Crippen molar-refractivity contribution in [2.24, 2.45) is 5.92 Å². The Labute approximate surface area is 81.3 Å². The number of hydrogen-bond donors (Lipinski definition) is 0. The van der Waals surface area contributed by atoms with Crippen molar-refractivity contribution in [3.63, 3.8) is 0 Å². The zero-order valence-corrected chi connectivity index (χ0v) is 9.21. The fraction of sp³-hybridized carbons (Fsp3) is 0.909. The van der Waals surface area contributed by atoms with E-state index in [4.69, 9.17) is 0 Å². The van der Waals surface area contributed by atoms with Gasteiger partial charge < -0.3 is 0 Å². The molecule has 2 heteroatoms. The van der Waals surface area contributed by atoms with Gasteiger partial charge in [-0.05, 0) is 32.7 Å². The Morgan fingerprint density at radius 1 is 1.38 bits per heavy atom. The van der Waals surface area contributed by atoms with Crippen molar-refractivity contribution in [2.75, 3.05) is 7.05 Å². The Morgan fingerprint density at radius 3 is 2.38 bits per heavy atom. The first-order valence-corrected chi connectivity index (χ1v) is 5.28. The highest BCUT2D eigenvalue weighted by atomic mass is 16.1. The fourth-order valence-electron chi connectivity index (χ4n) is 1.98. The molecule has 2 unspecified atom stereocenters. The third-order valence-corrected chi connectivity index (χ3v) is 3.37. The molecule has 0 bridgehead atoms. The third-order valence-electron chi connectivity index (χ3n) is 3.37. The molecule has 0 radical (unpaired) electrons. The van der Waals surface area contributed by atoms with Crippen molar-refractivity contribution in [3.8, 4) is 0 Å². The van der Waals surface area contributed by atoms with Crippen molar-refractivity contribution >= 4 is 5.78 Å². The van der Waals surface area contributed by atoms with Crippen LogP contribution in [0.5, 0.6) is 0 Å². The molecule has 0 amide bonds. The van der Waals surface area contributed by atoms with Crippen LogP contribution in [0.1, 0.15) is 40.0 Å². The molecule has 0 aromatic carbocycles. The number of Topliss-reactive ketones (excluding diaryl/α,β-unsaturated/α-hetero) is 1. The molecule has 0 saturated heterocycles. The van der Waals surface area contributed by atoms with E-state index in [0.29, 0.717) is 17.7 Å². The maximum absolute atomic E-state index is 11.5. The van der Waals surface area contributed by atoms with E-state index in [0.717, 1.165) is 19.3 Å². The number of ketones is 1. The highest BCUT2D eigenvalue weighted by Crippen LogP contribution is 2.22. The van der Waals surface area contributed by atoms with Gasteiger partial charge in [-0.3, -0.25) is 9.69 Å². The predicted molar refractivity (Wildman–Crippen MR) is 54.7 cm³/mol. The predicted octanol–water partition coefficient (Wildman–Crippen LogP) is 2.08. The molecule has 0 aromatic rings. The molecule has 0 N–H and O–H groups in total. The Hall–Kier alpha value is -0.370. The van der Waals surface area contributed by atoms with Crippen LogP contribution in [-0.2, 0) is 4.79 Å². The monoisotopic (exact) mass is 183 g/mol. The molecular weight excluding hydrogens is 162 g/mol. The van der Waals surface area contributed by atoms with Crippen LogP contribution in [0.4, 0.5) is 0 Å². The number of rotatable bonds is 3. The molecule has 0 spiro atoms. The zero-order chi connectivity index (χ0) is 10.0. The summed E-state index contributed by atoms with van der Waals surface area (Å²) in [4.78, 5) is 13.8. The van der Waals surface area contributed by atoms with Crippen LogP contribution < -0.4 is 0 Å². The summed E-state index contributed by atoms with van der Waals surface area (Å²) in [5.74, 6) is 1.06. The molecule has 1 aliphatic rings. The average molecular weight is 183 g/mol. The molecule has 76 valence electrons. The van der Waals surface area contributed by atoms with Gasteiger partial charge in [0.1, 0.15) is 5.78 Å². The molecular formula is C11H21NO. The summed E-state index contributed by atoms with van der Waals surface area (Å²) >= 11 is 0. The lowest BCUT2D eigenvalue weighted by Gasteiger charge is -2.32. The number of nitrogens with zero attached hydrogens (tertiary/aromatic N) is 1. The first-order chi connectivity index (χ1) is 6.04. The van der Waals surface area contributed by atoms with Crippen LogP contribution in [0.3, 0.4) is 0 Å². The first-order valence-electron chi connectivity index (χ1n) is 5.28. The van der Waals surface area contributed by atoms with E-state index in [-0.39, 0.29) is 6.04 Å². The van der Waals surface area contributed by atoms with Gasteiger partial charge in [0.25, 0.3) is 0 Å². The lowest BCUT2D eigenvalue weighted by atomic mass is 10.0. The van der Waals surface area contributed by atoms with E-state index in [1.165, 1.54) is 0 Å². The lowest BCUT2D eigenvalue weighted by molar-refractivity contribution is -0.122. The maximum Gasteiger partial charge on any atom is 0.149 e. The zero-order valence-electron chi connectivity index (χ0n) is 9.21. The van der Waals surface area contributed by atoms with E-state index in [1.807, 2.05) is 0 Å². The standard InChI is InChI=1S/C11H21NO/c1-8(2)9(3)12(4)10-6-5-7-11(10)13/h8-10H,5-7H2,1-4H3. The Bertz CT molecular complexity index is 189. The molecule has 0 aromatic heterocycles. The minimum atomic E-state index is 0.206. The van der Waals surface area contributed by atoms with Crippen molar-refractivity contribution < 1.29 is 4.79 Å². The second-order valence-electron chi connectivity index (χ2n) is 4.52. The summed E-state index contributed by atoms with van der Waals surface area (Å²) in [5.41, 5.74) is 0. The summed E-state index contributed by atoms with van der Waals surface area (Å²) < 4.78 is 0. The van der Waals surface area contributed by atoms with Crippen LogP contribution in [0.2, 0.25) is 0 Å². The molecule has 0 aliphatic heterocycles. The summed E-state index contributed by atoms with van der Waals surface area (Å²) in [7, 11) is 2.08. The number of carbonyl (C=O) groups excluding carboxylic acids is 1. The van der Waals surface area contributed by atoms with Crippen LogP contribution >= 0.6 is 0 Å². The molecule has 1 aliphatic carbocycles. The van der Waals surface area contributed by atoms with Gasteiger partial charge in [0.2, 0.25) is 0 Å². The van der Waals surface area contributed by atoms with Gasteiger partial charge in [0, 0.05) is 12.5 Å². The molecule has 2 atom stereocenters. The van der Waals surface area contributed by atoms with Crippen LogP contribution in [0.25, 0.3) is 0 Å². The normalized spacial score (nSPS) is 26.0. The van der Waals surface area contributed by atoms with Gasteiger partial charge in [0.05, 0.1) is 6.04 Å². The van der Waals surface area contributed by atoms with Gasteiger partial charge in [-0.1, -0.05) is 13.8 Å². The fourth-order valence-corrected chi connectivity index (χ4v) is 1.98. The number of carbonyl (C=O) groups is 1. The van der Waals surface area contributed by atoms with Gasteiger partial charge in [-0.2, -0.15) is 0 Å². The third kappa shape index (κ3) is 2.31. The topological polar surface area (TPSA) is 20.3 Å². The summed E-state index contributed by atoms with van der Waals surface area (Å²) in [5, 5.41) is 0. The highest BCUT2D eigenvalue weighted by Gasteiger charge is 2.30. The Morgan fingerprint density at radius 2 is 2.00 bits per heavy atom. The molecule has 1 fully saturated rings. The summed E-state index contributed by atoms with van der Waals surface area (Å²) in [6, 6.07) is 0.712. The van der Waals surface area contributed by atoms with Crippen molar-refractivity contribution in [1.82, 2.24) is 4.90 Å². The van der Waals surface area contributed by atoms with E-state index in [9.17, 15) is 4.79 Å². The minimum absolute atomic E-state index is 0.206. The van der Waals surface area contributed by atoms with Crippen LogP contribution in [-0.4, -0.2) is 29.8 Å². The summed E-state index contributed by atoms with van der Waals surface area (Å²) in [6.07, 6.45) is 2.94. The van der Waals surface area contributed by atoms with Crippen molar-refractivity contribution in [2.45, 2.75) is 52.1 Å². The molecule has 0 heterocycles. The molecule has 13 heavy (non-hydrogen) atoms. The van der Waals surface area contributed by atoms with Crippen molar-refractivity contribution in [3.05, 3.63) is 0 Å². The van der Waals surface area contributed by atoms with E-state index >= 15 is 0 Å². The van der Waals surface area contributed by atoms with Crippen LogP contribution in [0, 0.1) is 5.92 Å². The van der Waals surface area contributed by atoms with Crippen molar-refractivity contribution in [1.29, 1.82) is 0 Å². The van der Waals surface area contributed by atoms with Gasteiger partial charge >= 0.3 is 0 Å². The molecule has 2 nitrogen and oxygen atoms in total. The lowest BCUT2D eigenvalue weighted by Crippen LogP contribution is -2.43. The second kappa shape index (κ2) is 4.23. The highest BCUT2D eigenvalue weighted by molar-refractivity contribution is 5.85. The SMILES string of the molecule is CC(C)C(C)N(C)C1CCCC1=O. The van der Waals surface area contributed by atoms with E-state index < -0.39 is 0 Å². The van der Waals surface area contributed by atoms with Crippen LogP contribution in [0.15, 0.2) is 0 Å². The number of hydrogen-bond acceptors (Lipinski definition) is 2. The quantitative estimate of drug-likeness (QED) is 0.667. The number of likely N-dealkylation sites (N-methyl/N-ethyl adjacent to an activating group) is 1. The van der Waals surface area contributed by atoms with E-state index in [1.54, 1.807) is 0 Å². The Balaban J connectivity index is 2.55. The van der Waals surface area contributed by atoms with E-state index in [2.05, 4.69) is 32.7 Å². The van der Waals surface area contributed by atoms with Gasteiger partial charge in [0.15, 0.2) is 0 Å². The first kappa shape index (κ1) is 10.7. The largest absolute Gasteiger partial charge is 0.298 e. The molecule has 1 saturated carbocycles. The smallest absolute Gasteiger partial charge is 0.149 e. The maximum atomic E-state index is 11.5. The Kier molecular flexibility index (Phi) is 3.48. The van der Waals surface area contributed by atoms with Gasteiger partial charge in [-0.15, -0.1) is 0 Å². The van der Waals surface area contributed by atoms with Gasteiger partial charge in [-0.25, -0.2) is 0 Å². The minimum Gasteiger partial charge on any atom is -0.298 e. The average Bonchev–Trinajstić information content (AvgIpc) is 2.48. The second-order valence-corrected chi connectivity index (χ2v) is 4.52. The summed E-state index contributed by atoms with van der Waals surface area (Å²) in [6.45, 7) is 6.62.